The molecule has 0 unspecified atom stereocenters. The number of hydrogen-bond donors (Lipinski definition) is 2. The van der Waals surface area contributed by atoms with Gasteiger partial charge in [0.1, 0.15) is 17.2 Å². The first-order valence-electron chi connectivity index (χ1n) is 13.8. The Kier molecular flexibility index (Phi) is 10.3. The molecule has 0 saturated carbocycles. The molecule has 0 aromatic heterocycles. The molecule has 0 saturated heterocycles. The van der Waals surface area contributed by atoms with E-state index in [0.717, 1.165) is 5.56 Å². The van der Waals surface area contributed by atoms with Crippen LogP contribution in [0.1, 0.15) is 57.2 Å². The number of amides is 2. The number of anilines is 1. The summed E-state index contributed by atoms with van der Waals surface area (Å²) in [5.41, 5.74) is 4.06. The second-order valence-corrected chi connectivity index (χ2v) is 10.0. The van der Waals surface area contributed by atoms with Crippen LogP contribution in [0.4, 0.5) is 5.69 Å². The van der Waals surface area contributed by atoms with E-state index in [2.05, 4.69) is 24.5 Å². The van der Waals surface area contributed by atoms with Gasteiger partial charge >= 0.3 is 0 Å². The maximum Gasteiger partial charge on any atom is 0.272 e. The normalized spacial score (nSPS) is 11.3. The second-order valence-electron chi connectivity index (χ2n) is 10.0. The quantitative estimate of drug-likeness (QED) is 0.147. The van der Waals surface area contributed by atoms with Crippen molar-refractivity contribution >= 4 is 35.4 Å². The zero-order valence-corrected chi connectivity index (χ0v) is 24.6. The standard InChI is InChI=1S/C36H34N2O5/c1-24(2)26-12-10-25(11-13-26)22-32(38-35(40)28-8-6-5-7-9-28)36(41)37-30-17-14-27(15-18-30)33(39)20-16-29-23-31(42-3)19-21-34(29)43-4/h5-24H,1-4H3,(H,37,41)(H,38,40)/b20-16+,32-22-. The fourth-order valence-electron chi connectivity index (χ4n) is 4.23. The minimum absolute atomic E-state index is 0.0847. The van der Waals surface area contributed by atoms with E-state index in [9.17, 15) is 14.4 Å². The van der Waals surface area contributed by atoms with Gasteiger partial charge in [-0.1, -0.05) is 56.3 Å². The maximum absolute atomic E-state index is 13.4. The summed E-state index contributed by atoms with van der Waals surface area (Å²) in [6, 6.07) is 28.4. The predicted molar refractivity (Wildman–Crippen MR) is 170 cm³/mol. The number of carbonyl (C=O) groups excluding carboxylic acids is 3. The molecule has 2 N–H and O–H groups in total. The number of rotatable bonds is 11. The smallest absolute Gasteiger partial charge is 0.272 e. The molecule has 0 bridgehead atoms. The van der Waals surface area contributed by atoms with E-state index >= 15 is 0 Å². The minimum atomic E-state index is -0.499. The van der Waals surface area contributed by atoms with Gasteiger partial charge in [0, 0.05) is 22.4 Å². The molecule has 218 valence electrons. The molecule has 4 rings (SSSR count). The summed E-state index contributed by atoms with van der Waals surface area (Å²) >= 11 is 0. The van der Waals surface area contributed by atoms with Crippen LogP contribution in [-0.4, -0.2) is 31.8 Å². The molecule has 0 spiro atoms. The molecule has 0 heterocycles. The molecule has 0 aliphatic heterocycles. The lowest BCUT2D eigenvalue weighted by Crippen LogP contribution is -2.30. The molecule has 0 aliphatic rings. The molecule has 4 aromatic carbocycles. The van der Waals surface area contributed by atoms with E-state index in [4.69, 9.17) is 9.47 Å². The van der Waals surface area contributed by atoms with Gasteiger partial charge in [-0.2, -0.15) is 0 Å². The van der Waals surface area contributed by atoms with Gasteiger partial charge in [0.2, 0.25) is 0 Å². The number of allylic oxidation sites excluding steroid dienone is 1. The Labute approximate surface area is 251 Å². The van der Waals surface area contributed by atoms with E-state index in [1.165, 1.54) is 11.6 Å². The van der Waals surface area contributed by atoms with Gasteiger partial charge in [-0.15, -0.1) is 0 Å². The van der Waals surface area contributed by atoms with Crippen LogP contribution in [-0.2, 0) is 4.79 Å². The molecule has 7 nitrogen and oxygen atoms in total. The van der Waals surface area contributed by atoms with Crippen molar-refractivity contribution in [3.05, 3.63) is 137 Å². The van der Waals surface area contributed by atoms with Crippen molar-refractivity contribution in [3.8, 4) is 11.5 Å². The number of ether oxygens (including phenoxy) is 2. The third-order valence-corrected chi connectivity index (χ3v) is 6.72. The first-order chi connectivity index (χ1) is 20.8. The van der Waals surface area contributed by atoms with E-state index in [-0.39, 0.29) is 11.5 Å². The van der Waals surface area contributed by atoms with Gasteiger partial charge in [0.05, 0.1) is 14.2 Å². The summed E-state index contributed by atoms with van der Waals surface area (Å²) < 4.78 is 10.6. The summed E-state index contributed by atoms with van der Waals surface area (Å²) in [6.45, 7) is 4.22. The van der Waals surface area contributed by atoms with Gasteiger partial charge in [-0.05, 0) is 89.9 Å². The van der Waals surface area contributed by atoms with Gasteiger partial charge in [-0.3, -0.25) is 14.4 Å². The second kappa shape index (κ2) is 14.5. The maximum atomic E-state index is 13.4. The predicted octanol–water partition coefficient (Wildman–Crippen LogP) is 7.13. The van der Waals surface area contributed by atoms with Crippen LogP contribution in [0.3, 0.4) is 0 Å². The molecule has 0 atom stereocenters. The molecule has 2 amide bonds. The molecule has 0 fully saturated rings. The summed E-state index contributed by atoms with van der Waals surface area (Å²) in [7, 11) is 3.13. The number of hydrogen-bond acceptors (Lipinski definition) is 5. The number of benzene rings is 4. The van der Waals surface area contributed by atoms with E-state index in [1.807, 2.05) is 30.3 Å². The molecule has 43 heavy (non-hydrogen) atoms. The summed E-state index contributed by atoms with van der Waals surface area (Å²) in [5, 5.41) is 5.57. The van der Waals surface area contributed by atoms with Crippen molar-refractivity contribution in [2.24, 2.45) is 0 Å². The highest BCUT2D eigenvalue weighted by Gasteiger charge is 2.16. The number of methoxy groups -OCH3 is 2. The highest BCUT2D eigenvalue weighted by Crippen LogP contribution is 2.25. The van der Waals surface area contributed by atoms with E-state index < -0.39 is 11.8 Å². The lowest BCUT2D eigenvalue weighted by atomic mass is 10.0. The Morgan fingerprint density at radius 3 is 2.09 bits per heavy atom. The Bertz CT molecular complexity index is 1640. The summed E-state index contributed by atoms with van der Waals surface area (Å²) in [5.74, 6) is 0.510. The minimum Gasteiger partial charge on any atom is -0.497 e. The van der Waals surface area contributed by atoms with Crippen LogP contribution in [0.15, 0.2) is 109 Å². The van der Waals surface area contributed by atoms with Gasteiger partial charge < -0.3 is 20.1 Å². The average Bonchev–Trinajstić information content (AvgIpc) is 3.04. The van der Waals surface area contributed by atoms with Crippen LogP contribution in [0.25, 0.3) is 12.2 Å². The largest absolute Gasteiger partial charge is 0.497 e. The Balaban J connectivity index is 1.51. The monoisotopic (exact) mass is 574 g/mol. The van der Waals surface area contributed by atoms with Crippen molar-refractivity contribution in [2.75, 3.05) is 19.5 Å². The van der Waals surface area contributed by atoms with Crippen molar-refractivity contribution in [1.29, 1.82) is 0 Å². The van der Waals surface area contributed by atoms with Crippen molar-refractivity contribution < 1.29 is 23.9 Å². The third-order valence-electron chi connectivity index (χ3n) is 6.72. The lowest BCUT2D eigenvalue weighted by Gasteiger charge is -2.12. The first-order valence-corrected chi connectivity index (χ1v) is 13.8. The third kappa shape index (κ3) is 8.30. The van der Waals surface area contributed by atoms with Crippen LogP contribution in [0.2, 0.25) is 0 Å². The highest BCUT2D eigenvalue weighted by molar-refractivity contribution is 6.11. The number of nitrogens with one attached hydrogen (secondary N) is 2. The lowest BCUT2D eigenvalue weighted by molar-refractivity contribution is -0.113. The Hall–Kier alpha value is -5.43. The van der Waals surface area contributed by atoms with Crippen LogP contribution >= 0.6 is 0 Å². The summed E-state index contributed by atoms with van der Waals surface area (Å²) in [4.78, 5) is 39.1. The van der Waals surface area contributed by atoms with E-state index in [1.54, 1.807) is 93.1 Å². The molecule has 4 aromatic rings. The van der Waals surface area contributed by atoms with Crippen molar-refractivity contribution in [2.45, 2.75) is 19.8 Å². The molecular formula is C36H34N2O5. The van der Waals surface area contributed by atoms with Crippen LogP contribution in [0.5, 0.6) is 11.5 Å². The average molecular weight is 575 g/mol. The SMILES string of the molecule is COc1ccc(OC)c(/C=C/C(=O)c2ccc(NC(=O)/C(=C/c3ccc(C(C)C)cc3)NC(=O)c3ccccc3)cc2)c1. The zero-order chi connectivity index (χ0) is 30.8. The van der Waals surface area contributed by atoms with Gasteiger partial charge in [0.15, 0.2) is 5.78 Å². The topological polar surface area (TPSA) is 93.7 Å². The fraction of sp³-hybridized carbons (Fsp3) is 0.139. The Morgan fingerprint density at radius 2 is 1.47 bits per heavy atom. The number of carbonyl (C=O) groups is 3. The van der Waals surface area contributed by atoms with E-state index in [0.29, 0.717) is 39.8 Å². The first kappa shape index (κ1) is 30.5. The molecule has 7 heteroatoms. The van der Waals surface area contributed by atoms with Crippen LogP contribution < -0.4 is 20.1 Å². The molecular weight excluding hydrogens is 540 g/mol. The van der Waals surface area contributed by atoms with Crippen molar-refractivity contribution in [1.82, 2.24) is 5.32 Å². The van der Waals surface area contributed by atoms with Crippen molar-refractivity contribution in [3.63, 3.8) is 0 Å². The molecule has 0 aliphatic carbocycles. The summed E-state index contributed by atoms with van der Waals surface area (Å²) in [6.07, 6.45) is 4.75. The highest BCUT2D eigenvalue weighted by atomic mass is 16.5. The zero-order valence-electron chi connectivity index (χ0n) is 24.6. The fourth-order valence-corrected chi connectivity index (χ4v) is 4.23. The number of ketones is 1. The Morgan fingerprint density at radius 1 is 0.767 bits per heavy atom. The van der Waals surface area contributed by atoms with Gasteiger partial charge in [0.25, 0.3) is 11.8 Å². The van der Waals surface area contributed by atoms with Gasteiger partial charge in [-0.25, -0.2) is 0 Å². The molecule has 0 radical (unpaired) electrons. The van der Waals surface area contributed by atoms with Crippen LogP contribution in [0, 0.1) is 0 Å².